The largest absolute Gasteiger partial charge is 0.361 e. The van der Waals surface area contributed by atoms with E-state index in [9.17, 15) is 9.18 Å². The second-order valence-electron chi connectivity index (χ2n) is 5.58. The number of nitrogens with zero attached hydrogens (tertiary/aromatic N) is 2. The molecule has 3 aromatic heterocycles. The Morgan fingerprint density at radius 3 is 3.08 bits per heavy atom. The third kappa shape index (κ3) is 2.62. The van der Waals surface area contributed by atoms with E-state index in [-0.39, 0.29) is 11.4 Å². The Kier molecular flexibility index (Phi) is 3.49. The van der Waals surface area contributed by atoms with E-state index in [4.69, 9.17) is 0 Å². The topological polar surface area (TPSA) is 102 Å². The molecule has 0 saturated heterocycles. The lowest BCUT2D eigenvalue weighted by molar-refractivity contribution is 0.629. The first-order chi connectivity index (χ1) is 11.7. The van der Waals surface area contributed by atoms with Gasteiger partial charge in [0.2, 0.25) is 5.95 Å². The van der Waals surface area contributed by atoms with Crippen molar-refractivity contribution < 1.29 is 4.39 Å². The van der Waals surface area contributed by atoms with Crippen LogP contribution in [0.15, 0.2) is 35.4 Å². The first-order valence-electron chi connectivity index (χ1n) is 7.63. The molecule has 0 atom stereocenters. The van der Waals surface area contributed by atoms with Crippen molar-refractivity contribution in [2.24, 2.45) is 0 Å². The van der Waals surface area contributed by atoms with Gasteiger partial charge in [-0.25, -0.2) is 4.39 Å². The summed E-state index contributed by atoms with van der Waals surface area (Å²) in [6, 6.07) is 4.72. The normalized spacial score (nSPS) is 11.4. The van der Waals surface area contributed by atoms with Crippen molar-refractivity contribution in [1.82, 2.24) is 25.1 Å². The zero-order chi connectivity index (χ0) is 16.5. The van der Waals surface area contributed by atoms with Gasteiger partial charge in [0.1, 0.15) is 11.2 Å². The molecular weight excluding hydrogens is 311 g/mol. The van der Waals surface area contributed by atoms with E-state index in [1.165, 1.54) is 12.3 Å². The fourth-order valence-electron chi connectivity index (χ4n) is 2.77. The third-order valence-electron chi connectivity index (χ3n) is 3.96. The number of anilines is 1. The average Bonchev–Trinajstić information content (AvgIpc) is 3.18. The number of aryl methyl sites for hydroxylation is 1. The highest BCUT2D eigenvalue weighted by atomic mass is 19.1. The summed E-state index contributed by atoms with van der Waals surface area (Å²) in [5.74, 6) is 0.165. The molecule has 0 bridgehead atoms. The van der Waals surface area contributed by atoms with Gasteiger partial charge in [-0.1, -0.05) is 0 Å². The number of rotatable bonds is 5. The molecule has 4 rings (SSSR count). The van der Waals surface area contributed by atoms with Gasteiger partial charge in [0.15, 0.2) is 5.65 Å². The minimum Gasteiger partial charge on any atom is -0.361 e. The van der Waals surface area contributed by atoms with Crippen LogP contribution in [0.3, 0.4) is 0 Å². The van der Waals surface area contributed by atoms with Gasteiger partial charge in [-0.05, 0) is 36.6 Å². The first kappa shape index (κ1) is 14.4. The zero-order valence-corrected chi connectivity index (χ0v) is 12.7. The lowest BCUT2D eigenvalue weighted by atomic mass is 10.1. The zero-order valence-electron chi connectivity index (χ0n) is 12.7. The maximum absolute atomic E-state index is 13.4. The van der Waals surface area contributed by atoms with Crippen molar-refractivity contribution in [2.75, 3.05) is 11.9 Å². The monoisotopic (exact) mass is 326 g/mol. The number of aromatic amines is 3. The van der Waals surface area contributed by atoms with Crippen molar-refractivity contribution >= 4 is 27.9 Å². The summed E-state index contributed by atoms with van der Waals surface area (Å²) < 4.78 is 13.4. The summed E-state index contributed by atoms with van der Waals surface area (Å²) >= 11 is 0. The third-order valence-corrected chi connectivity index (χ3v) is 3.96. The van der Waals surface area contributed by atoms with E-state index in [2.05, 4.69) is 30.5 Å². The highest BCUT2D eigenvalue weighted by Crippen LogP contribution is 2.20. The number of aromatic nitrogens is 5. The highest BCUT2D eigenvalue weighted by molar-refractivity contribution is 5.83. The Bertz CT molecular complexity index is 1060. The Hall–Kier alpha value is -3.16. The maximum atomic E-state index is 13.4. The number of fused-ring (bicyclic) bond motifs is 2. The van der Waals surface area contributed by atoms with Gasteiger partial charge < -0.3 is 10.3 Å². The van der Waals surface area contributed by atoms with E-state index in [1.54, 1.807) is 12.1 Å². The van der Waals surface area contributed by atoms with Crippen molar-refractivity contribution in [3.05, 3.63) is 52.3 Å². The summed E-state index contributed by atoms with van der Waals surface area (Å²) in [5, 5.41) is 10.9. The van der Waals surface area contributed by atoms with Crippen molar-refractivity contribution in [3.63, 3.8) is 0 Å². The molecule has 7 nitrogen and oxygen atoms in total. The van der Waals surface area contributed by atoms with Gasteiger partial charge in [0.25, 0.3) is 5.56 Å². The predicted octanol–water partition coefficient (Wildman–Crippen LogP) is 2.31. The molecule has 0 aliphatic heterocycles. The van der Waals surface area contributed by atoms with Gasteiger partial charge in [-0.3, -0.25) is 14.9 Å². The fourth-order valence-corrected chi connectivity index (χ4v) is 2.77. The maximum Gasteiger partial charge on any atom is 0.263 e. The van der Waals surface area contributed by atoms with Crippen LogP contribution in [0, 0.1) is 5.82 Å². The van der Waals surface area contributed by atoms with E-state index >= 15 is 0 Å². The van der Waals surface area contributed by atoms with Gasteiger partial charge in [0.05, 0.1) is 6.20 Å². The number of H-pyrrole nitrogens is 3. The van der Waals surface area contributed by atoms with Gasteiger partial charge in [0, 0.05) is 23.6 Å². The van der Waals surface area contributed by atoms with Crippen LogP contribution in [0.2, 0.25) is 0 Å². The molecule has 0 spiro atoms. The molecule has 0 fully saturated rings. The van der Waals surface area contributed by atoms with Crippen molar-refractivity contribution in [3.8, 4) is 0 Å². The summed E-state index contributed by atoms with van der Waals surface area (Å²) in [5.41, 5.74) is 2.21. The Balaban J connectivity index is 1.41. The molecule has 122 valence electrons. The number of halogens is 1. The molecule has 4 aromatic rings. The molecule has 4 N–H and O–H groups in total. The Morgan fingerprint density at radius 2 is 2.17 bits per heavy atom. The number of benzene rings is 1. The number of hydrogen-bond donors (Lipinski definition) is 4. The van der Waals surface area contributed by atoms with Crippen LogP contribution in [0.1, 0.15) is 12.0 Å². The van der Waals surface area contributed by atoms with E-state index in [0.717, 1.165) is 29.3 Å². The Labute approximate surface area is 135 Å². The van der Waals surface area contributed by atoms with Gasteiger partial charge in [-0.2, -0.15) is 10.1 Å². The number of nitrogens with one attached hydrogen (secondary N) is 4. The Morgan fingerprint density at radius 1 is 1.25 bits per heavy atom. The second kappa shape index (κ2) is 5.80. The fraction of sp³-hybridized carbons (Fsp3) is 0.188. The summed E-state index contributed by atoms with van der Waals surface area (Å²) in [7, 11) is 0. The average molecular weight is 326 g/mol. The van der Waals surface area contributed by atoms with Crippen LogP contribution in [-0.2, 0) is 6.42 Å². The van der Waals surface area contributed by atoms with E-state index < -0.39 is 0 Å². The van der Waals surface area contributed by atoms with Crippen LogP contribution in [0.5, 0.6) is 0 Å². The molecule has 3 heterocycles. The van der Waals surface area contributed by atoms with Crippen LogP contribution in [0.25, 0.3) is 21.9 Å². The molecule has 0 saturated carbocycles. The van der Waals surface area contributed by atoms with Crippen molar-refractivity contribution in [2.45, 2.75) is 12.8 Å². The molecule has 1 aromatic carbocycles. The number of hydrogen-bond acceptors (Lipinski definition) is 4. The molecular formula is C16H15FN6O. The molecule has 8 heteroatoms. The summed E-state index contributed by atoms with van der Waals surface area (Å²) in [6.07, 6.45) is 4.95. The minimum atomic E-state index is -0.240. The van der Waals surface area contributed by atoms with Crippen LogP contribution < -0.4 is 10.9 Å². The van der Waals surface area contributed by atoms with E-state index in [0.29, 0.717) is 23.5 Å². The van der Waals surface area contributed by atoms with Gasteiger partial charge >= 0.3 is 0 Å². The smallest absolute Gasteiger partial charge is 0.263 e. The molecule has 0 aliphatic rings. The van der Waals surface area contributed by atoms with Crippen LogP contribution in [0.4, 0.5) is 10.3 Å². The lowest BCUT2D eigenvalue weighted by Gasteiger charge is -2.05. The SMILES string of the molecule is O=c1[nH]c(NCCCc2c[nH]c3ccc(F)cc23)nc2[nH]ncc12. The van der Waals surface area contributed by atoms with Crippen LogP contribution >= 0.6 is 0 Å². The summed E-state index contributed by atoms with van der Waals surface area (Å²) in [4.78, 5) is 21.9. The van der Waals surface area contributed by atoms with E-state index in [1.807, 2.05) is 6.20 Å². The molecule has 0 aliphatic carbocycles. The second-order valence-corrected chi connectivity index (χ2v) is 5.58. The molecule has 24 heavy (non-hydrogen) atoms. The highest BCUT2D eigenvalue weighted by Gasteiger charge is 2.06. The minimum absolute atomic E-state index is 0.233. The molecule has 0 radical (unpaired) electrons. The first-order valence-corrected chi connectivity index (χ1v) is 7.63. The standard InChI is InChI=1S/C16H15FN6O/c17-10-3-4-13-11(6-10)9(7-19-13)2-1-5-18-16-21-14-12(8-20-23-14)15(24)22-16/h3-4,6-8,19H,1-2,5H2,(H3,18,20,21,22,23,24). The van der Waals surface area contributed by atoms with Gasteiger partial charge in [-0.15, -0.1) is 0 Å². The summed E-state index contributed by atoms with van der Waals surface area (Å²) in [6.45, 7) is 0.630. The quantitative estimate of drug-likeness (QED) is 0.423. The molecule has 0 unspecified atom stereocenters. The van der Waals surface area contributed by atoms with Crippen molar-refractivity contribution in [1.29, 1.82) is 0 Å². The predicted molar refractivity (Wildman–Crippen MR) is 89.6 cm³/mol. The molecule has 0 amide bonds. The lowest BCUT2D eigenvalue weighted by Crippen LogP contribution is -2.13. The van der Waals surface area contributed by atoms with Crippen LogP contribution in [-0.4, -0.2) is 31.7 Å².